The Bertz CT molecular complexity index is 917. The second kappa shape index (κ2) is 11.2. The van der Waals surface area contributed by atoms with E-state index in [9.17, 15) is 13.2 Å². The Kier molecular flexibility index (Phi) is 8.94. The van der Waals surface area contributed by atoms with E-state index >= 15 is 0 Å². The van der Waals surface area contributed by atoms with Gasteiger partial charge < -0.3 is 0 Å². The average Bonchev–Trinajstić information content (AvgIpc) is 3.15. The first-order chi connectivity index (χ1) is 13.9. The number of unbranched alkanes of at least 4 members (excludes halogenated alkanes) is 2. The highest BCUT2D eigenvalue weighted by Crippen LogP contribution is 2.18. The topological polar surface area (TPSA) is 92.3 Å². The first-order valence-electron chi connectivity index (χ1n) is 9.82. The Balaban J connectivity index is 1.95. The molecule has 0 saturated carbocycles. The second-order valence-corrected chi connectivity index (χ2v) is 9.44. The van der Waals surface area contributed by atoms with Crippen LogP contribution >= 0.6 is 11.3 Å². The maximum atomic E-state index is 12.5. The predicted octanol–water partition coefficient (Wildman–Crippen LogP) is 3.95. The summed E-state index contributed by atoms with van der Waals surface area (Å²) < 4.78 is 26.4. The molecule has 1 heterocycles. The molecule has 9 heteroatoms. The number of carbonyl (C=O) groups is 1. The highest BCUT2D eigenvalue weighted by molar-refractivity contribution is 7.89. The van der Waals surface area contributed by atoms with Crippen molar-refractivity contribution in [3.8, 4) is 0 Å². The Hall–Kier alpha value is -2.10. The van der Waals surface area contributed by atoms with Gasteiger partial charge in [-0.2, -0.15) is 4.31 Å². The Labute approximate surface area is 176 Å². The normalized spacial score (nSPS) is 12.0. The largest absolute Gasteiger partial charge is 0.297 e. The molecule has 1 N–H and O–H groups in total. The summed E-state index contributed by atoms with van der Waals surface area (Å²) in [5.74, 6) is -0.305. The highest BCUT2D eigenvalue weighted by atomic mass is 32.2. The minimum Gasteiger partial charge on any atom is -0.297 e. The van der Waals surface area contributed by atoms with Crippen molar-refractivity contribution in [2.45, 2.75) is 51.3 Å². The van der Waals surface area contributed by atoms with Gasteiger partial charge in [-0.3, -0.25) is 10.1 Å². The van der Waals surface area contributed by atoms with E-state index in [1.54, 1.807) is 30.3 Å². The Morgan fingerprint density at radius 1 is 1.10 bits per heavy atom. The molecule has 0 saturated heterocycles. The van der Waals surface area contributed by atoms with Crippen LogP contribution in [0, 0.1) is 0 Å². The van der Waals surface area contributed by atoms with Crippen molar-refractivity contribution in [2.75, 3.05) is 18.4 Å². The monoisotopic (exact) mass is 436 g/mol. The van der Waals surface area contributed by atoms with E-state index in [0.29, 0.717) is 18.2 Å². The zero-order chi connectivity index (χ0) is 21.3. The number of anilines is 1. The molecule has 0 aliphatic carbocycles. The number of hydrogen-bond donors (Lipinski definition) is 1. The summed E-state index contributed by atoms with van der Waals surface area (Å²) in [6.45, 7) is 6.61. The molecule has 0 atom stereocenters. The van der Waals surface area contributed by atoms with E-state index in [1.165, 1.54) is 21.7 Å². The third kappa shape index (κ3) is 6.73. The van der Waals surface area contributed by atoms with E-state index in [4.69, 9.17) is 0 Å². The van der Waals surface area contributed by atoms with Crippen LogP contribution in [-0.2, 0) is 21.2 Å². The van der Waals surface area contributed by atoms with Crippen molar-refractivity contribution >= 4 is 38.5 Å². The first-order valence-corrected chi connectivity index (χ1v) is 12.1. The van der Waals surface area contributed by atoms with E-state index in [1.807, 2.05) is 13.8 Å². The second-order valence-electron chi connectivity index (χ2n) is 6.44. The fraction of sp³-hybridized carbons (Fsp3) is 0.450. The van der Waals surface area contributed by atoms with Crippen LogP contribution in [0.15, 0.2) is 35.2 Å². The van der Waals surface area contributed by atoms with Crippen LogP contribution in [0.3, 0.4) is 0 Å². The van der Waals surface area contributed by atoms with Gasteiger partial charge in [0, 0.05) is 25.6 Å². The fourth-order valence-corrected chi connectivity index (χ4v) is 4.96. The van der Waals surface area contributed by atoms with Crippen molar-refractivity contribution in [3.63, 3.8) is 0 Å². The standard InChI is InChI=1S/C20H28N4O3S2/c1-4-7-8-9-19-22-23-20(28-19)21-18(25)15-12-16-10-13-17(14-11-16)29(26,27)24(5-2)6-3/h10-15H,4-9H2,1-3H3,(H,21,23,25)/b15-12+. The molecule has 29 heavy (non-hydrogen) atoms. The lowest BCUT2D eigenvalue weighted by atomic mass is 10.2. The third-order valence-electron chi connectivity index (χ3n) is 4.34. The van der Waals surface area contributed by atoms with Crippen LogP contribution in [0.25, 0.3) is 6.08 Å². The number of aryl methyl sites for hydroxylation is 1. The van der Waals surface area contributed by atoms with Gasteiger partial charge >= 0.3 is 0 Å². The van der Waals surface area contributed by atoms with E-state index in [2.05, 4.69) is 22.4 Å². The van der Waals surface area contributed by atoms with Crippen LogP contribution in [0.2, 0.25) is 0 Å². The van der Waals surface area contributed by atoms with Gasteiger partial charge in [-0.15, -0.1) is 10.2 Å². The molecule has 0 bridgehead atoms. The number of carbonyl (C=O) groups excluding carboxylic acids is 1. The van der Waals surface area contributed by atoms with Crippen LogP contribution in [0.4, 0.5) is 5.13 Å². The maximum absolute atomic E-state index is 12.5. The van der Waals surface area contributed by atoms with Gasteiger partial charge in [0.15, 0.2) is 0 Å². The van der Waals surface area contributed by atoms with Gasteiger partial charge in [0.2, 0.25) is 21.1 Å². The summed E-state index contributed by atoms with van der Waals surface area (Å²) in [7, 11) is -3.48. The molecule has 0 spiro atoms. The fourth-order valence-electron chi connectivity index (χ4n) is 2.71. The van der Waals surface area contributed by atoms with Gasteiger partial charge in [0.1, 0.15) is 5.01 Å². The van der Waals surface area contributed by atoms with Crippen molar-refractivity contribution in [1.29, 1.82) is 0 Å². The summed E-state index contributed by atoms with van der Waals surface area (Å²) in [5, 5.41) is 12.2. The highest BCUT2D eigenvalue weighted by Gasteiger charge is 2.20. The summed E-state index contributed by atoms with van der Waals surface area (Å²) in [6, 6.07) is 6.46. The smallest absolute Gasteiger partial charge is 0.250 e. The molecular weight excluding hydrogens is 408 g/mol. The molecule has 0 aliphatic rings. The van der Waals surface area contributed by atoms with Crippen molar-refractivity contribution in [3.05, 3.63) is 40.9 Å². The van der Waals surface area contributed by atoms with Gasteiger partial charge in [-0.05, 0) is 30.2 Å². The zero-order valence-electron chi connectivity index (χ0n) is 17.1. The van der Waals surface area contributed by atoms with Gasteiger partial charge in [0.25, 0.3) is 0 Å². The third-order valence-corrected chi connectivity index (χ3v) is 7.30. The SMILES string of the molecule is CCCCCc1nnc(NC(=O)/C=C/c2ccc(S(=O)(=O)N(CC)CC)cc2)s1. The lowest BCUT2D eigenvalue weighted by Crippen LogP contribution is -2.30. The van der Waals surface area contributed by atoms with E-state index < -0.39 is 10.0 Å². The number of amides is 1. The van der Waals surface area contributed by atoms with Crippen LogP contribution < -0.4 is 5.32 Å². The van der Waals surface area contributed by atoms with Crippen molar-refractivity contribution in [2.24, 2.45) is 0 Å². The molecule has 1 aromatic heterocycles. The Morgan fingerprint density at radius 3 is 2.41 bits per heavy atom. The van der Waals surface area contributed by atoms with E-state index in [0.717, 1.165) is 36.3 Å². The molecule has 1 aromatic carbocycles. The molecule has 2 aromatic rings. The molecule has 0 fully saturated rings. The number of benzene rings is 1. The Morgan fingerprint density at radius 2 is 1.79 bits per heavy atom. The minimum atomic E-state index is -3.48. The number of sulfonamides is 1. The molecule has 0 aliphatic heterocycles. The van der Waals surface area contributed by atoms with Crippen molar-refractivity contribution in [1.82, 2.24) is 14.5 Å². The molecule has 0 unspecified atom stereocenters. The maximum Gasteiger partial charge on any atom is 0.250 e. The van der Waals surface area contributed by atoms with E-state index in [-0.39, 0.29) is 10.8 Å². The number of nitrogens with one attached hydrogen (secondary N) is 1. The predicted molar refractivity (Wildman–Crippen MR) is 117 cm³/mol. The molecular formula is C20H28N4O3S2. The molecule has 7 nitrogen and oxygen atoms in total. The summed E-state index contributed by atoms with van der Waals surface area (Å²) in [4.78, 5) is 12.3. The van der Waals surface area contributed by atoms with Crippen LogP contribution in [0.5, 0.6) is 0 Å². The van der Waals surface area contributed by atoms with Gasteiger partial charge in [-0.1, -0.05) is 57.1 Å². The summed E-state index contributed by atoms with van der Waals surface area (Å²) in [5.41, 5.74) is 0.733. The minimum absolute atomic E-state index is 0.243. The van der Waals surface area contributed by atoms with Gasteiger partial charge in [-0.25, -0.2) is 8.42 Å². The quantitative estimate of drug-likeness (QED) is 0.425. The molecule has 2 rings (SSSR count). The average molecular weight is 437 g/mol. The lowest BCUT2D eigenvalue weighted by molar-refractivity contribution is -0.111. The van der Waals surface area contributed by atoms with Gasteiger partial charge in [0.05, 0.1) is 4.90 Å². The lowest BCUT2D eigenvalue weighted by Gasteiger charge is -2.18. The number of aromatic nitrogens is 2. The molecule has 0 radical (unpaired) electrons. The van der Waals surface area contributed by atoms with Crippen LogP contribution in [-0.4, -0.2) is 41.9 Å². The number of rotatable bonds is 11. The molecule has 158 valence electrons. The van der Waals surface area contributed by atoms with Crippen LogP contribution in [0.1, 0.15) is 50.6 Å². The summed E-state index contributed by atoms with van der Waals surface area (Å²) in [6.07, 6.45) is 7.27. The molecule has 1 amide bonds. The van der Waals surface area contributed by atoms with Crippen molar-refractivity contribution < 1.29 is 13.2 Å². The summed E-state index contributed by atoms with van der Waals surface area (Å²) >= 11 is 1.39. The number of nitrogens with zero attached hydrogens (tertiary/aromatic N) is 3. The first kappa shape index (κ1) is 23.2. The number of hydrogen-bond acceptors (Lipinski definition) is 6. The zero-order valence-corrected chi connectivity index (χ0v) is 18.7.